The van der Waals surface area contributed by atoms with Gasteiger partial charge < -0.3 is 10.2 Å². The maximum Gasteiger partial charge on any atom is 0.270 e. The fourth-order valence-electron chi connectivity index (χ4n) is 2.75. The summed E-state index contributed by atoms with van der Waals surface area (Å²) in [5, 5.41) is 2.76. The van der Waals surface area contributed by atoms with Gasteiger partial charge in [0.05, 0.1) is 11.5 Å². The van der Waals surface area contributed by atoms with E-state index in [1.54, 1.807) is 17.9 Å². The molecule has 2 aromatic rings. The number of hydrogen-bond donors (Lipinski definition) is 1. The van der Waals surface area contributed by atoms with Crippen molar-refractivity contribution in [3.05, 3.63) is 47.8 Å². The van der Waals surface area contributed by atoms with Crippen LogP contribution in [-0.4, -0.2) is 48.9 Å². The molecule has 2 heterocycles. The molecule has 25 heavy (non-hydrogen) atoms. The SMILES string of the molecule is Cc1cc(C(=O)NC2CCS(=O)(=O)C2)nc(N(C)c2ccccc2)n1. The molecular formula is C17H20N4O3S. The number of aromatic nitrogens is 2. The summed E-state index contributed by atoms with van der Waals surface area (Å²) in [6.45, 7) is 1.79. The molecule has 1 fully saturated rings. The number of amides is 1. The van der Waals surface area contributed by atoms with Gasteiger partial charge in [-0.05, 0) is 31.5 Å². The molecule has 3 rings (SSSR count). The Kier molecular flexibility index (Phi) is 4.71. The number of para-hydroxylation sites is 1. The van der Waals surface area contributed by atoms with Crippen LogP contribution in [0.1, 0.15) is 22.6 Å². The Morgan fingerprint density at radius 3 is 2.60 bits per heavy atom. The fourth-order valence-corrected chi connectivity index (χ4v) is 4.43. The molecular weight excluding hydrogens is 340 g/mol. The van der Waals surface area contributed by atoms with Crippen molar-refractivity contribution in [3.8, 4) is 0 Å². The number of hydrogen-bond acceptors (Lipinski definition) is 6. The van der Waals surface area contributed by atoms with Crippen LogP contribution in [0.3, 0.4) is 0 Å². The maximum absolute atomic E-state index is 12.5. The van der Waals surface area contributed by atoms with Gasteiger partial charge in [0, 0.05) is 24.5 Å². The Morgan fingerprint density at radius 2 is 1.96 bits per heavy atom. The van der Waals surface area contributed by atoms with Gasteiger partial charge in [0.25, 0.3) is 5.91 Å². The molecule has 1 unspecified atom stereocenters. The average Bonchev–Trinajstić information content (AvgIpc) is 2.93. The van der Waals surface area contributed by atoms with Crippen LogP contribution >= 0.6 is 0 Å². The van der Waals surface area contributed by atoms with Gasteiger partial charge >= 0.3 is 0 Å². The van der Waals surface area contributed by atoms with Crippen LogP contribution in [0.2, 0.25) is 0 Å². The summed E-state index contributed by atoms with van der Waals surface area (Å²) in [5.41, 5.74) is 1.80. The van der Waals surface area contributed by atoms with Crippen molar-refractivity contribution in [2.75, 3.05) is 23.5 Å². The van der Waals surface area contributed by atoms with Crippen LogP contribution in [0, 0.1) is 6.92 Å². The quantitative estimate of drug-likeness (QED) is 0.888. The lowest BCUT2D eigenvalue weighted by molar-refractivity contribution is 0.0936. The summed E-state index contributed by atoms with van der Waals surface area (Å²) in [6, 6.07) is 10.8. The van der Waals surface area contributed by atoms with Crippen LogP contribution in [0.5, 0.6) is 0 Å². The van der Waals surface area contributed by atoms with Gasteiger partial charge in [0.2, 0.25) is 5.95 Å². The zero-order chi connectivity index (χ0) is 18.0. The van der Waals surface area contributed by atoms with Crippen molar-refractivity contribution in [1.29, 1.82) is 0 Å². The van der Waals surface area contributed by atoms with Crippen LogP contribution < -0.4 is 10.2 Å². The van der Waals surface area contributed by atoms with Gasteiger partial charge in [-0.25, -0.2) is 18.4 Å². The summed E-state index contributed by atoms with van der Waals surface area (Å²) in [6.07, 6.45) is 0.439. The number of benzene rings is 1. The lowest BCUT2D eigenvalue weighted by atomic mass is 10.2. The minimum Gasteiger partial charge on any atom is -0.347 e. The third kappa shape index (κ3) is 4.14. The number of anilines is 2. The molecule has 1 aromatic heterocycles. The molecule has 0 aliphatic carbocycles. The van der Waals surface area contributed by atoms with Gasteiger partial charge in [-0.15, -0.1) is 0 Å². The molecule has 1 aliphatic rings. The molecule has 8 heteroatoms. The minimum absolute atomic E-state index is 0.0143. The van der Waals surface area contributed by atoms with Crippen LogP contribution in [0.4, 0.5) is 11.6 Å². The first-order valence-electron chi connectivity index (χ1n) is 8.00. The molecule has 7 nitrogen and oxygen atoms in total. The van der Waals surface area contributed by atoms with E-state index in [4.69, 9.17) is 0 Å². The van der Waals surface area contributed by atoms with Gasteiger partial charge in [0.1, 0.15) is 5.69 Å². The molecule has 0 saturated carbocycles. The zero-order valence-corrected chi connectivity index (χ0v) is 15.0. The highest BCUT2D eigenvalue weighted by atomic mass is 32.2. The van der Waals surface area contributed by atoms with Crippen LogP contribution in [0.25, 0.3) is 0 Å². The molecule has 132 valence electrons. The number of carbonyl (C=O) groups excluding carboxylic acids is 1. The van der Waals surface area contributed by atoms with E-state index in [0.717, 1.165) is 5.69 Å². The van der Waals surface area contributed by atoms with Gasteiger partial charge in [0.15, 0.2) is 9.84 Å². The zero-order valence-electron chi connectivity index (χ0n) is 14.1. The second kappa shape index (κ2) is 6.79. The molecule has 1 atom stereocenters. The summed E-state index contributed by atoms with van der Waals surface area (Å²) >= 11 is 0. The highest BCUT2D eigenvalue weighted by molar-refractivity contribution is 7.91. The Hall–Kier alpha value is -2.48. The second-order valence-electron chi connectivity index (χ2n) is 6.16. The number of carbonyl (C=O) groups is 1. The van der Waals surface area contributed by atoms with E-state index in [9.17, 15) is 13.2 Å². The Bertz CT molecular complexity index is 884. The summed E-state index contributed by atoms with van der Waals surface area (Å²) in [7, 11) is -1.22. The smallest absolute Gasteiger partial charge is 0.270 e. The normalized spacial score (nSPS) is 18.7. The summed E-state index contributed by atoms with van der Waals surface area (Å²) < 4.78 is 23.1. The first-order valence-corrected chi connectivity index (χ1v) is 9.82. The third-order valence-electron chi connectivity index (χ3n) is 4.09. The van der Waals surface area contributed by atoms with Gasteiger partial charge in [-0.1, -0.05) is 18.2 Å². The number of nitrogens with zero attached hydrogens (tertiary/aromatic N) is 3. The minimum atomic E-state index is -3.04. The predicted molar refractivity (Wildman–Crippen MR) is 95.8 cm³/mol. The number of aryl methyl sites for hydroxylation is 1. The van der Waals surface area contributed by atoms with Gasteiger partial charge in [-0.3, -0.25) is 4.79 Å². The molecule has 1 N–H and O–H groups in total. The molecule has 1 saturated heterocycles. The van der Waals surface area contributed by atoms with Crippen molar-refractivity contribution < 1.29 is 13.2 Å². The molecule has 1 aliphatic heterocycles. The largest absolute Gasteiger partial charge is 0.347 e. The summed E-state index contributed by atoms with van der Waals surface area (Å²) in [5.74, 6) is 0.133. The Morgan fingerprint density at radius 1 is 1.24 bits per heavy atom. The first kappa shape index (κ1) is 17.3. The van der Waals surface area contributed by atoms with E-state index >= 15 is 0 Å². The van der Waals surface area contributed by atoms with Crippen molar-refractivity contribution >= 4 is 27.4 Å². The Labute approximate surface area is 147 Å². The fraction of sp³-hybridized carbons (Fsp3) is 0.353. The standard InChI is InChI=1S/C17H20N4O3S/c1-12-10-15(16(22)19-13-8-9-25(23,24)11-13)20-17(18-12)21(2)14-6-4-3-5-7-14/h3-7,10,13H,8-9,11H2,1-2H3,(H,19,22). The van der Waals surface area contributed by atoms with E-state index in [0.29, 0.717) is 18.1 Å². The molecule has 0 bridgehead atoms. The Balaban J connectivity index is 1.80. The predicted octanol–water partition coefficient (Wildman–Crippen LogP) is 1.47. The number of rotatable bonds is 4. The van der Waals surface area contributed by atoms with Crippen LogP contribution in [-0.2, 0) is 9.84 Å². The molecule has 1 amide bonds. The van der Waals surface area contributed by atoms with E-state index < -0.39 is 9.84 Å². The first-order chi connectivity index (χ1) is 11.8. The van der Waals surface area contributed by atoms with Crippen molar-refractivity contribution in [3.63, 3.8) is 0 Å². The average molecular weight is 360 g/mol. The maximum atomic E-state index is 12.5. The van der Waals surface area contributed by atoms with Gasteiger partial charge in [-0.2, -0.15) is 0 Å². The van der Waals surface area contributed by atoms with E-state index in [2.05, 4.69) is 15.3 Å². The molecule has 0 spiro atoms. The summed E-state index contributed by atoms with van der Waals surface area (Å²) in [4.78, 5) is 23.0. The van der Waals surface area contributed by atoms with E-state index in [-0.39, 0.29) is 29.1 Å². The van der Waals surface area contributed by atoms with Crippen molar-refractivity contribution in [2.45, 2.75) is 19.4 Å². The van der Waals surface area contributed by atoms with Crippen LogP contribution in [0.15, 0.2) is 36.4 Å². The van der Waals surface area contributed by atoms with Crippen molar-refractivity contribution in [2.24, 2.45) is 0 Å². The highest BCUT2D eigenvalue weighted by Crippen LogP contribution is 2.20. The lowest BCUT2D eigenvalue weighted by Gasteiger charge is -2.18. The second-order valence-corrected chi connectivity index (χ2v) is 8.39. The molecule has 0 radical (unpaired) electrons. The lowest BCUT2D eigenvalue weighted by Crippen LogP contribution is -2.36. The number of sulfone groups is 1. The van der Waals surface area contributed by atoms with E-state index in [1.165, 1.54) is 0 Å². The monoisotopic (exact) mass is 360 g/mol. The van der Waals surface area contributed by atoms with Crippen molar-refractivity contribution in [1.82, 2.24) is 15.3 Å². The topological polar surface area (TPSA) is 92.3 Å². The third-order valence-corrected chi connectivity index (χ3v) is 5.85. The highest BCUT2D eigenvalue weighted by Gasteiger charge is 2.29. The molecule has 1 aromatic carbocycles. The van der Waals surface area contributed by atoms with E-state index in [1.807, 2.05) is 37.4 Å². The number of nitrogens with one attached hydrogen (secondary N) is 1.